The van der Waals surface area contributed by atoms with E-state index in [1.54, 1.807) is 7.05 Å². The number of thiazole rings is 1. The highest BCUT2D eigenvalue weighted by Crippen LogP contribution is 2.38. The Morgan fingerprint density at radius 2 is 1.93 bits per heavy atom. The molecule has 28 heavy (non-hydrogen) atoms. The number of hydrogen-bond donors (Lipinski definition) is 1. The van der Waals surface area contributed by atoms with Crippen molar-refractivity contribution in [1.82, 2.24) is 15.3 Å². The first kappa shape index (κ1) is 20.2. The Morgan fingerprint density at radius 1 is 1.18 bits per heavy atom. The van der Waals surface area contributed by atoms with Gasteiger partial charge in [0.25, 0.3) is 0 Å². The van der Waals surface area contributed by atoms with Gasteiger partial charge in [-0.25, -0.2) is 18.4 Å². The minimum Gasteiger partial charge on any atom is -0.493 e. The monoisotopic (exact) mass is 423 g/mol. The molecule has 0 spiro atoms. The molecule has 0 fully saturated rings. The van der Waals surface area contributed by atoms with Gasteiger partial charge in [-0.2, -0.15) is 4.39 Å². The number of benzene rings is 1. The lowest BCUT2D eigenvalue weighted by Crippen LogP contribution is -2.04. The van der Waals surface area contributed by atoms with Crippen LogP contribution in [0.1, 0.15) is 5.01 Å². The van der Waals surface area contributed by atoms with E-state index in [1.807, 2.05) is 0 Å². The number of aromatic nitrogens is 2. The SMILES string of the molecule is CNCc1nc(-c2cccnc2F)c(S(=O)(=O)c2ccc(OC)c(OC)c2)s1. The van der Waals surface area contributed by atoms with E-state index in [0.29, 0.717) is 17.3 Å². The maximum absolute atomic E-state index is 14.3. The lowest BCUT2D eigenvalue weighted by Gasteiger charge is -2.10. The Kier molecular flexibility index (Phi) is 5.92. The predicted octanol–water partition coefficient (Wildman–Crippen LogP) is 2.91. The zero-order valence-corrected chi connectivity index (χ0v) is 17.0. The molecular formula is C18H18FN3O4S2. The van der Waals surface area contributed by atoms with E-state index in [9.17, 15) is 12.8 Å². The molecule has 10 heteroatoms. The first-order chi connectivity index (χ1) is 13.4. The van der Waals surface area contributed by atoms with E-state index < -0.39 is 15.8 Å². The van der Waals surface area contributed by atoms with Gasteiger partial charge in [0.05, 0.1) is 24.7 Å². The van der Waals surface area contributed by atoms with Crippen LogP contribution in [0.2, 0.25) is 0 Å². The Balaban J connectivity index is 2.20. The van der Waals surface area contributed by atoms with Crippen molar-refractivity contribution in [1.29, 1.82) is 0 Å². The van der Waals surface area contributed by atoms with Crippen LogP contribution in [-0.4, -0.2) is 39.7 Å². The largest absolute Gasteiger partial charge is 0.493 e. The van der Waals surface area contributed by atoms with Gasteiger partial charge in [-0.15, -0.1) is 11.3 Å². The van der Waals surface area contributed by atoms with Crippen LogP contribution in [-0.2, 0) is 16.4 Å². The summed E-state index contributed by atoms with van der Waals surface area (Å²) in [6.45, 7) is 0.348. The molecule has 0 amide bonds. The highest BCUT2D eigenvalue weighted by atomic mass is 32.2. The Morgan fingerprint density at radius 3 is 2.57 bits per heavy atom. The Bertz CT molecular complexity index is 1100. The van der Waals surface area contributed by atoms with Crippen molar-refractivity contribution in [3.8, 4) is 22.8 Å². The molecule has 0 saturated carbocycles. The van der Waals surface area contributed by atoms with Gasteiger partial charge in [-0.1, -0.05) is 0 Å². The van der Waals surface area contributed by atoms with Gasteiger partial charge in [0.15, 0.2) is 15.7 Å². The minimum absolute atomic E-state index is 0.00430. The summed E-state index contributed by atoms with van der Waals surface area (Å²) in [5.41, 5.74) is 0.0655. The van der Waals surface area contributed by atoms with Crippen molar-refractivity contribution >= 4 is 21.2 Å². The molecule has 3 aromatic rings. The number of nitrogens with one attached hydrogen (secondary N) is 1. The first-order valence-corrected chi connectivity index (χ1v) is 10.4. The van der Waals surface area contributed by atoms with E-state index in [2.05, 4.69) is 15.3 Å². The van der Waals surface area contributed by atoms with Crippen LogP contribution in [0.5, 0.6) is 11.5 Å². The van der Waals surface area contributed by atoms with Crippen molar-refractivity contribution in [2.45, 2.75) is 15.6 Å². The fourth-order valence-corrected chi connectivity index (χ4v) is 5.55. The van der Waals surface area contributed by atoms with Gasteiger partial charge in [0, 0.05) is 18.8 Å². The normalized spacial score (nSPS) is 11.4. The third kappa shape index (κ3) is 3.71. The average Bonchev–Trinajstić information content (AvgIpc) is 3.12. The van der Waals surface area contributed by atoms with Gasteiger partial charge in [0.2, 0.25) is 15.8 Å². The van der Waals surface area contributed by atoms with Gasteiger partial charge in [0.1, 0.15) is 10.7 Å². The van der Waals surface area contributed by atoms with Crippen LogP contribution >= 0.6 is 11.3 Å². The molecule has 1 aromatic carbocycles. The van der Waals surface area contributed by atoms with Crippen LogP contribution in [0.15, 0.2) is 45.6 Å². The standard InChI is InChI=1S/C18H18FN3O4S2/c1-20-10-15-22-16(12-5-4-8-21-17(12)19)18(27-15)28(23,24)11-6-7-13(25-2)14(9-11)26-3/h4-9,20H,10H2,1-3H3. The first-order valence-electron chi connectivity index (χ1n) is 8.14. The maximum Gasteiger partial charge on any atom is 0.222 e. The summed E-state index contributed by atoms with van der Waals surface area (Å²) in [6.07, 6.45) is 1.29. The van der Waals surface area contributed by atoms with Gasteiger partial charge in [-0.3, -0.25) is 0 Å². The van der Waals surface area contributed by atoms with Crippen molar-refractivity contribution in [3.05, 3.63) is 47.5 Å². The molecule has 1 N–H and O–H groups in total. The van der Waals surface area contributed by atoms with Crippen molar-refractivity contribution in [3.63, 3.8) is 0 Å². The fourth-order valence-electron chi connectivity index (χ4n) is 2.58. The fraction of sp³-hybridized carbons (Fsp3) is 0.222. The molecule has 0 aliphatic rings. The number of rotatable bonds is 7. The predicted molar refractivity (Wildman–Crippen MR) is 103 cm³/mol. The smallest absolute Gasteiger partial charge is 0.222 e. The molecular weight excluding hydrogens is 405 g/mol. The molecule has 0 radical (unpaired) electrons. The number of halogens is 1. The summed E-state index contributed by atoms with van der Waals surface area (Å²) >= 11 is 0.985. The van der Waals surface area contributed by atoms with Gasteiger partial charge in [-0.05, 0) is 31.3 Å². The number of methoxy groups -OCH3 is 2. The number of sulfone groups is 1. The number of nitrogens with zero attached hydrogens (tertiary/aromatic N) is 2. The van der Waals surface area contributed by atoms with Crippen LogP contribution in [0.4, 0.5) is 4.39 Å². The summed E-state index contributed by atoms with van der Waals surface area (Å²) in [5.74, 6) is -0.106. The average molecular weight is 423 g/mol. The molecule has 0 saturated heterocycles. The summed E-state index contributed by atoms with van der Waals surface area (Å²) in [6, 6.07) is 7.27. The van der Waals surface area contributed by atoms with Crippen molar-refractivity contribution < 1.29 is 22.3 Å². The van der Waals surface area contributed by atoms with E-state index in [1.165, 1.54) is 50.7 Å². The van der Waals surface area contributed by atoms with Crippen LogP contribution in [0.25, 0.3) is 11.3 Å². The molecule has 3 rings (SSSR count). The Hall–Kier alpha value is -2.56. The summed E-state index contributed by atoms with van der Waals surface area (Å²) in [5, 5.41) is 3.44. The Labute approximate surface area is 166 Å². The van der Waals surface area contributed by atoms with E-state index in [4.69, 9.17) is 9.47 Å². The lowest BCUT2D eigenvalue weighted by atomic mass is 10.2. The number of pyridine rings is 1. The molecule has 2 aromatic heterocycles. The van der Waals surface area contributed by atoms with E-state index in [-0.39, 0.29) is 26.1 Å². The highest BCUT2D eigenvalue weighted by molar-refractivity contribution is 7.93. The quantitative estimate of drug-likeness (QED) is 0.584. The number of hydrogen-bond acceptors (Lipinski definition) is 8. The van der Waals surface area contributed by atoms with Crippen LogP contribution in [0.3, 0.4) is 0 Å². The maximum atomic E-state index is 14.3. The summed E-state index contributed by atoms with van der Waals surface area (Å²) < 4.78 is 51.2. The van der Waals surface area contributed by atoms with Crippen molar-refractivity contribution in [2.24, 2.45) is 0 Å². The molecule has 2 heterocycles. The second-order valence-electron chi connectivity index (χ2n) is 5.64. The summed E-state index contributed by atoms with van der Waals surface area (Å²) in [7, 11) is 0.605. The van der Waals surface area contributed by atoms with Gasteiger partial charge >= 0.3 is 0 Å². The number of ether oxygens (including phenoxy) is 2. The third-order valence-electron chi connectivity index (χ3n) is 3.89. The molecule has 7 nitrogen and oxygen atoms in total. The van der Waals surface area contributed by atoms with Crippen LogP contribution < -0.4 is 14.8 Å². The lowest BCUT2D eigenvalue weighted by molar-refractivity contribution is 0.354. The third-order valence-corrected chi connectivity index (χ3v) is 7.21. The minimum atomic E-state index is -3.99. The molecule has 0 bridgehead atoms. The van der Waals surface area contributed by atoms with Crippen LogP contribution in [0, 0.1) is 5.95 Å². The topological polar surface area (TPSA) is 90.4 Å². The zero-order chi connectivity index (χ0) is 20.3. The second kappa shape index (κ2) is 8.21. The second-order valence-corrected chi connectivity index (χ2v) is 8.86. The molecule has 0 aliphatic heterocycles. The van der Waals surface area contributed by atoms with E-state index >= 15 is 0 Å². The molecule has 148 valence electrons. The van der Waals surface area contributed by atoms with Crippen molar-refractivity contribution in [2.75, 3.05) is 21.3 Å². The highest BCUT2D eigenvalue weighted by Gasteiger charge is 2.29. The molecule has 0 atom stereocenters. The van der Waals surface area contributed by atoms with Gasteiger partial charge < -0.3 is 14.8 Å². The molecule has 0 aliphatic carbocycles. The summed E-state index contributed by atoms with van der Waals surface area (Å²) in [4.78, 5) is 7.94. The van der Waals surface area contributed by atoms with E-state index in [0.717, 1.165) is 11.3 Å². The molecule has 0 unspecified atom stereocenters. The zero-order valence-electron chi connectivity index (χ0n) is 15.4.